The number of hydrogen-bond donors (Lipinski definition) is 0. The lowest BCUT2D eigenvalue weighted by Gasteiger charge is -2.29. The minimum absolute atomic E-state index is 0.113. The summed E-state index contributed by atoms with van der Waals surface area (Å²) in [5, 5.41) is 1.14. The molecule has 0 unspecified atom stereocenters. The van der Waals surface area contributed by atoms with E-state index in [1.165, 1.54) is 11.3 Å². The second-order valence-electron chi connectivity index (χ2n) is 7.62. The Labute approximate surface area is 207 Å². The highest BCUT2D eigenvalue weighted by molar-refractivity contribution is 7.23. The maximum absolute atomic E-state index is 13.3. The number of morpholine rings is 1. The Morgan fingerprint density at radius 1 is 1.15 bits per heavy atom. The Balaban J connectivity index is 1.52. The van der Waals surface area contributed by atoms with Crippen LogP contribution in [0.25, 0.3) is 10.2 Å². The summed E-state index contributed by atoms with van der Waals surface area (Å²) in [6.07, 6.45) is 0. The lowest BCUT2D eigenvalue weighted by atomic mass is 10.3. The van der Waals surface area contributed by atoms with Crippen LogP contribution in [0.5, 0.6) is 17.2 Å². The lowest BCUT2D eigenvalue weighted by Crippen LogP contribution is -2.44. The van der Waals surface area contributed by atoms with E-state index in [0.29, 0.717) is 60.1 Å². The van der Waals surface area contributed by atoms with Crippen molar-refractivity contribution in [2.75, 3.05) is 64.6 Å². The molecule has 0 radical (unpaired) electrons. The highest BCUT2D eigenvalue weighted by atomic mass is 35.5. The van der Waals surface area contributed by atoms with Gasteiger partial charge in [-0.05, 0) is 43.3 Å². The Kier molecular flexibility index (Phi) is 8.44. The van der Waals surface area contributed by atoms with Crippen molar-refractivity contribution in [1.82, 2.24) is 9.88 Å². The second-order valence-corrected chi connectivity index (χ2v) is 9.00. The van der Waals surface area contributed by atoms with Crippen molar-refractivity contribution in [3.63, 3.8) is 0 Å². The maximum Gasteiger partial charge on any atom is 0.266 e. The molecule has 1 amide bonds. The molecule has 4 rings (SSSR count). The summed E-state index contributed by atoms with van der Waals surface area (Å²) in [6.45, 7) is 6.66. The number of carbonyl (C=O) groups excluding carboxylic acids is 1. The van der Waals surface area contributed by atoms with Crippen molar-refractivity contribution in [1.29, 1.82) is 0 Å². The predicted molar refractivity (Wildman–Crippen MR) is 134 cm³/mol. The number of rotatable bonds is 10. The van der Waals surface area contributed by atoms with Gasteiger partial charge in [0.05, 0.1) is 36.7 Å². The number of aromatic nitrogens is 1. The van der Waals surface area contributed by atoms with Gasteiger partial charge < -0.3 is 18.9 Å². The Morgan fingerprint density at radius 3 is 2.53 bits per heavy atom. The first-order valence-corrected chi connectivity index (χ1v) is 12.4. The predicted octanol–water partition coefficient (Wildman–Crippen LogP) is 4.10. The van der Waals surface area contributed by atoms with Gasteiger partial charge in [0.15, 0.2) is 11.7 Å². The third-order valence-electron chi connectivity index (χ3n) is 5.44. The highest BCUT2D eigenvalue weighted by Gasteiger charge is 2.24. The number of anilines is 1. The molecule has 0 bridgehead atoms. The molecule has 3 aromatic rings. The molecule has 2 heterocycles. The molecule has 1 aliphatic heterocycles. The summed E-state index contributed by atoms with van der Waals surface area (Å²) in [6, 6.07) is 10.8. The van der Waals surface area contributed by atoms with E-state index in [2.05, 4.69) is 4.90 Å². The molecular formula is C24H28ClN3O5S. The van der Waals surface area contributed by atoms with E-state index in [1.54, 1.807) is 36.3 Å². The molecule has 0 spiro atoms. The number of thiazole rings is 1. The summed E-state index contributed by atoms with van der Waals surface area (Å²) in [7, 11) is 1.59. The maximum atomic E-state index is 13.3. The van der Waals surface area contributed by atoms with Crippen LogP contribution >= 0.6 is 22.9 Å². The molecule has 182 valence electrons. The number of nitrogens with zero attached hydrogens (tertiary/aromatic N) is 3. The molecule has 1 saturated heterocycles. The summed E-state index contributed by atoms with van der Waals surface area (Å²) in [5.74, 6) is 1.79. The smallest absolute Gasteiger partial charge is 0.266 e. The van der Waals surface area contributed by atoms with E-state index in [1.807, 2.05) is 19.1 Å². The minimum atomic E-state index is -0.184. The Hall–Kier alpha value is -2.59. The van der Waals surface area contributed by atoms with Gasteiger partial charge in [-0.2, -0.15) is 0 Å². The van der Waals surface area contributed by atoms with Crippen molar-refractivity contribution in [2.24, 2.45) is 0 Å². The monoisotopic (exact) mass is 505 g/mol. The summed E-state index contributed by atoms with van der Waals surface area (Å²) in [4.78, 5) is 22.0. The molecule has 10 heteroatoms. The highest BCUT2D eigenvalue weighted by Crippen LogP contribution is 2.38. The number of carbonyl (C=O) groups is 1. The van der Waals surface area contributed by atoms with Gasteiger partial charge in [0.25, 0.3) is 5.91 Å². The van der Waals surface area contributed by atoms with Crippen LogP contribution in [-0.4, -0.2) is 75.5 Å². The molecule has 1 aromatic heterocycles. The van der Waals surface area contributed by atoms with Gasteiger partial charge in [-0.25, -0.2) is 4.98 Å². The van der Waals surface area contributed by atoms with E-state index in [0.717, 1.165) is 23.5 Å². The average Bonchev–Trinajstić information content (AvgIpc) is 3.31. The van der Waals surface area contributed by atoms with Crippen LogP contribution in [0.15, 0.2) is 36.4 Å². The third-order valence-corrected chi connectivity index (χ3v) is 6.98. The third kappa shape index (κ3) is 5.90. The first kappa shape index (κ1) is 24.5. The molecule has 2 aromatic carbocycles. The average molecular weight is 506 g/mol. The summed E-state index contributed by atoms with van der Waals surface area (Å²) < 4.78 is 22.9. The van der Waals surface area contributed by atoms with Crippen LogP contribution in [0.4, 0.5) is 5.13 Å². The van der Waals surface area contributed by atoms with Crippen LogP contribution in [0, 0.1) is 0 Å². The fraction of sp³-hybridized carbons (Fsp3) is 0.417. The van der Waals surface area contributed by atoms with E-state index < -0.39 is 0 Å². The van der Waals surface area contributed by atoms with Crippen molar-refractivity contribution < 1.29 is 23.7 Å². The number of ether oxygens (including phenoxy) is 4. The van der Waals surface area contributed by atoms with Crippen molar-refractivity contribution >= 4 is 44.2 Å². The Bertz CT molecular complexity index is 1100. The van der Waals surface area contributed by atoms with Crippen LogP contribution in [0.2, 0.25) is 5.02 Å². The quantitative estimate of drug-likeness (QED) is 0.410. The zero-order valence-electron chi connectivity index (χ0n) is 19.3. The molecule has 8 nitrogen and oxygen atoms in total. The largest absolute Gasteiger partial charge is 0.494 e. The number of fused-ring (bicyclic) bond motifs is 1. The Morgan fingerprint density at radius 2 is 1.85 bits per heavy atom. The molecule has 0 aliphatic carbocycles. The van der Waals surface area contributed by atoms with Gasteiger partial charge in [0.2, 0.25) is 0 Å². The van der Waals surface area contributed by atoms with Crippen LogP contribution in [0.3, 0.4) is 0 Å². The van der Waals surface area contributed by atoms with Crippen LogP contribution in [0.1, 0.15) is 6.92 Å². The van der Waals surface area contributed by atoms with Crippen molar-refractivity contribution in [3.8, 4) is 17.2 Å². The van der Waals surface area contributed by atoms with Crippen molar-refractivity contribution in [3.05, 3.63) is 41.4 Å². The summed E-state index contributed by atoms with van der Waals surface area (Å²) >= 11 is 7.79. The van der Waals surface area contributed by atoms with Gasteiger partial charge >= 0.3 is 0 Å². The number of amides is 1. The van der Waals surface area contributed by atoms with Gasteiger partial charge in [-0.3, -0.25) is 14.6 Å². The fourth-order valence-electron chi connectivity index (χ4n) is 3.64. The lowest BCUT2D eigenvalue weighted by molar-refractivity contribution is -0.120. The first-order valence-electron chi connectivity index (χ1n) is 11.2. The first-order chi connectivity index (χ1) is 16.6. The second kappa shape index (κ2) is 11.7. The topological polar surface area (TPSA) is 73.4 Å². The van der Waals surface area contributed by atoms with Crippen molar-refractivity contribution in [2.45, 2.75) is 6.92 Å². The normalized spacial score (nSPS) is 14.2. The molecule has 1 aliphatic rings. The molecule has 34 heavy (non-hydrogen) atoms. The van der Waals surface area contributed by atoms with E-state index in [4.69, 9.17) is 35.5 Å². The number of benzene rings is 2. The van der Waals surface area contributed by atoms with E-state index >= 15 is 0 Å². The zero-order chi connectivity index (χ0) is 23.9. The molecule has 0 saturated carbocycles. The van der Waals surface area contributed by atoms with Crippen LogP contribution in [-0.2, 0) is 9.53 Å². The number of hydrogen-bond acceptors (Lipinski definition) is 8. The molecule has 1 fully saturated rings. The van der Waals surface area contributed by atoms with Gasteiger partial charge in [-0.15, -0.1) is 0 Å². The van der Waals surface area contributed by atoms with Gasteiger partial charge in [-0.1, -0.05) is 22.9 Å². The van der Waals surface area contributed by atoms with E-state index in [-0.39, 0.29) is 12.5 Å². The summed E-state index contributed by atoms with van der Waals surface area (Å²) in [5.41, 5.74) is 0.645. The fourth-order valence-corrected chi connectivity index (χ4v) is 4.94. The SMILES string of the molecule is CCOc1ccc(OCC(=O)N(CCN2CCOCC2)c2nc3c(OC)ccc(Cl)c3s2)cc1. The minimum Gasteiger partial charge on any atom is -0.494 e. The molecular weight excluding hydrogens is 478 g/mol. The number of methoxy groups -OCH3 is 1. The molecule has 0 N–H and O–H groups in total. The standard InChI is InChI=1S/C24H28ClN3O5S/c1-3-32-17-4-6-18(7-5-17)33-16-21(29)28(11-10-27-12-14-31-15-13-27)24-26-22-20(30-2)9-8-19(25)23(22)34-24/h4-9H,3,10-16H2,1-2H3. The van der Waals surface area contributed by atoms with E-state index in [9.17, 15) is 4.79 Å². The molecule has 0 atom stereocenters. The number of halogens is 1. The van der Waals surface area contributed by atoms with Crippen LogP contribution < -0.4 is 19.1 Å². The van der Waals surface area contributed by atoms with Gasteiger partial charge in [0, 0.05) is 26.2 Å². The zero-order valence-corrected chi connectivity index (χ0v) is 20.9. The van der Waals surface area contributed by atoms with Gasteiger partial charge in [0.1, 0.15) is 22.8 Å².